The topological polar surface area (TPSA) is 88.0 Å². The summed E-state index contributed by atoms with van der Waals surface area (Å²) in [6.45, 7) is 1.89. The number of anilines is 1. The molecule has 152 valence electrons. The molecule has 1 amide bonds. The Labute approximate surface area is 176 Å². The minimum absolute atomic E-state index is 0.0556. The van der Waals surface area contributed by atoms with E-state index in [0.717, 1.165) is 22.3 Å². The summed E-state index contributed by atoms with van der Waals surface area (Å²) in [5.74, 6) is -0.798. The fourth-order valence-corrected chi connectivity index (χ4v) is 3.42. The molecule has 4 aromatic heterocycles. The lowest BCUT2D eigenvalue weighted by molar-refractivity contribution is 0.102. The Morgan fingerprint density at radius 3 is 2.68 bits per heavy atom. The normalized spacial score (nSPS) is 11.0. The molecule has 5 aromatic rings. The first-order valence-electron chi connectivity index (χ1n) is 9.59. The number of carbonyl (C=O) groups is 1. The Bertz CT molecular complexity index is 1410. The highest BCUT2D eigenvalue weighted by Gasteiger charge is 2.15. The molecule has 0 radical (unpaired) electrons. The van der Waals surface area contributed by atoms with Gasteiger partial charge in [-0.05, 0) is 48.9 Å². The molecule has 0 aliphatic rings. The first-order valence-corrected chi connectivity index (χ1v) is 9.59. The lowest BCUT2D eigenvalue weighted by Crippen LogP contribution is -2.14. The van der Waals surface area contributed by atoms with E-state index < -0.39 is 11.7 Å². The number of imidazole rings is 1. The molecular formula is C23H17FN6O. The zero-order chi connectivity index (χ0) is 21.4. The molecule has 0 saturated carbocycles. The highest BCUT2D eigenvalue weighted by molar-refractivity contribution is 6.04. The van der Waals surface area contributed by atoms with Crippen molar-refractivity contribution in [1.82, 2.24) is 24.6 Å². The second-order valence-corrected chi connectivity index (χ2v) is 7.14. The first-order chi connectivity index (χ1) is 15.1. The van der Waals surface area contributed by atoms with E-state index in [-0.39, 0.29) is 5.56 Å². The average Bonchev–Trinajstić information content (AvgIpc) is 3.43. The van der Waals surface area contributed by atoms with E-state index in [4.69, 9.17) is 0 Å². The highest BCUT2D eigenvalue weighted by atomic mass is 19.1. The summed E-state index contributed by atoms with van der Waals surface area (Å²) in [6, 6.07) is 11.9. The largest absolute Gasteiger partial charge is 0.306 e. The van der Waals surface area contributed by atoms with Crippen LogP contribution in [0.5, 0.6) is 0 Å². The first kappa shape index (κ1) is 18.7. The zero-order valence-corrected chi connectivity index (χ0v) is 16.5. The van der Waals surface area contributed by atoms with Crippen molar-refractivity contribution in [2.24, 2.45) is 0 Å². The van der Waals surface area contributed by atoms with Gasteiger partial charge >= 0.3 is 0 Å². The molecule has 0 aliphatic heterocycles. The summed E-state index contributed by atoms with van der Waals surface area (Å²) in [6.07, 6.45) is 8.72. The number of H-pyrrole nitrogens is 1. The maximum Gasteiger partial charge on any atom is 0.259 e. The smallest absolute Gasteiger partial charge is 0.259 e. The van der Waals surface area contributed by atoms with Crippen molar-refractivity contribution in [3.63, 3.8) is 0 Å². The number of aryl methyl sites for hydroxylation is 1. The van der Waals surface area contributed by atoms with Crippen molar-refractivity contribution in [3.8, 4) is 22.4 Å². The monoisotopic (exact) mass is 412 g/mol. The van der Waals surface area contributed by atoms with Gasteiger partial charge in [0.25, 0.3) is 5.91 Å². The van der Waals surface area contributed by atoms with Crippen LogP contribution in [0.1, 0.15) is 15.9 Å². The lowest BCUT2D eigenvalue weighted by atomic mass is 10.1. The number of pyridine rings is 2. The van der Waals surface area contributed by atoms with Gasteiger partial charge in [-0.1, -0.05) is 6.07 Å². The number of hydrogen-bond donors (Lipinski definition) is 2. The van der Waals surface area contributed by atoms with Crippen molar-refractivity contribution in [3.05, 3.63) is 90.4 Å². The molecule has 0 aliphatic carbocycles. The van der Waals surface area contributed by atoms with Gasteiger partial charge in [-0.2, -0.15) is 5.10 Å². The molecule has 1 aromatic carbocycles. The van der Waals surface area contributed by atoms with E-state index in [2.05, 4.69) is 25.5 Å². The van der Waals surface area contributed by atoms with Gasteiger partial charge in [0.2, 0.25) is 0 Å². The quantitative estimate of drug-likeness (QED) is 0.455. The van der Waals surface area contributed by atoms with Crippen LogP contribution in [-0.4, -0.2) is 30.5 Å². The molecule has 0 unspecified atom stereocenters. The Morgan fingerprint density at radius 2 is 1.90 bits per heavy atom. The summed E-state index contributed by atoms with van der Waals surface area (Å²) < 4.78 is 16.7. The zero-order valence-electron chi connectivity index (χ0n) is 16.5. The molecule has 7 nitrogen and oxygen atoms in total. The van der Waals surface area contributed by atoms with Crippen LogP contribution in [0.3, 0.4) is 0 Å². The Morgan fingerprint density at radius 1 is 1.03 bits per heavy atom. The van der Waals surface area contributed by atoms with Crippen LogP contribution in [0.25, 0.3) is 28.0 Å². The van der Waals surface area contributed by atoms with Crippen LogP contribution in [0.4, 0.5) is 10.2 Å². The van der Waals surface area contributed by atoms with E-state index in [1.807, 2.05) is 35.7 Å². The second kappa shape index (κ2) is 7.49. The van der Waals surface area contributed by atoms with Crippen molar-refractivity contribution in [2.75, 3.05) is 5.32 Å². The summed E-state index contributed by atoms with van der Waals surface area (Å²) in [4.78, 5) is 21.0. The number of fused-ring (bicyclic) bond motifs is 1. The number of nitrogens with one attached hydrogen (secondary N) is 2. The van der Waals surface area contributed by atoms with Crippen molar-refractivity contribution >= 4 is 17.4 Å². The van der Waals surface area contributed by atoms with Crippen LogP contribution < -0.4 is 5.32 Å². The van der Waals surface area contributed by atoms with Crippen molar-refractivity contribution in [1.29, 1.82) is 0 Å². The standard InChI is InChI=1S/C23H17FN6O/c1-14-6-7-25-21(8-14)29-23(31)18-4-2-15(9-19(18)24)20-12-26-22-5-3-16(13-30(20)22)17-10-27-28-11-17/h2-13H,1H3,(H,27,28)(H,25,29,31). The Hall–Kier alpha value is -4.33. The van der Waals surface area contributed by atoms with Crippen LogP contribution in [0, 0.1) is 12.7 Å². The lowest BCUT2D eigenvalue weighted by Gasteiger charge is -2.08. The van der Waals surface area contributed by atoms with Gasteiger partial charge in [-0.15, -0.1) is 0 Å². The molecule has 0 fully saturated rings. The van der Waals surface area contributed by atoms with Crippen molar-refractivity contribution in [2.45, 2.75) is 6.92 Å². The Balaban J connectivity index is 1.48. The van der Waals surface area contributed by atoms with Crippen LogP contribution in [0.2, 0.25) is 0 Å². The average molecular weight is 412 g/mol. The molecule has 0 bridgehead atoms. The van der Waals surface area contributed by atoms with Crippen LogP contribution >= 0.6 is 0 Å². The molecular weight excluding hydrogens is 395 g/mol. The molecule has 0 saturated heterocycles. The third kappa shape index (κ3) is 3.55. The van der Waals surface area contributed by atoms with Crippen LogP contribution in [0.15, 0.2) is 73.4 Å². The predicted molar refractivity (Wildman–Crippen MR) is 115 cm³/mol. The molecule has 5 rings (SSSR count). The second-order valence-electron chi connectivity index (χ2n) is 7.14. The number of nitrogens with zero attached hydrogens (tertiary/aromatic N) is 4. The summed E-state index contributed by atoms with van der Waals surface area (Å²) in [5.41, 5.74) is 4.83. The van der Waals surface area contributed by atoms with E-state index >= 15 is 0 Å². The van der Waals surface area contributed by atoms with Gasteiger partial charge in [0.1, 0.15) is 17.3 Å². The van der Waals surface area contributed by atoms with E-state index in [1.54, 1.807) is 36.9 Å². The van der Waals surface area contributed by atoms with Gasteiger partial charge in [0, 0.05) is 35.3 Å². The third-order valence-electron chi connectivity index (χ3n) is 5.00. The number of rotatable bonds is 4. The molecule has 8 heteroatoms. The number of aromatic nitrogens is 5. The minimum Gasteiger partial charge on any atom is -0.306 e. The Kier molecular flexibility index (Phi) is 4.51. The van der Waals surface area contributed by atoms with Crippen LogP contribution in [-0.2, 0) is 0 Å². The molecule has 2 N–H and O–H groups in total. The van der Waals surface area contributed by atoms with Gasteiger partial charge in [-0.3, -0.25) is 14.3 Å². The molecule has 31 heavy (non-hydrogen) atoms. The van der Waals surface area contributed by atoms with E-state index in [1.165, 1.54) is 12.1 Å². The number of aromatic amines is 1. The van der Waals surface area contributed by atoms with Gasteiger partial charge < -0.3 is 5.32 Å². The van der Waals surface area contributed by atoms with Gasteiger partial charge in [0.15, 0.2) is 0 Å². The van der Waals surface area contributed by atoms with Gasteiger partial charge in [0.05, 0.1) is 23.7 Å². The SMILES string of the molecule is Cc1ccnc(NC(=O)c2ccc(-c3cnc4ccc(-c5cn[nH]c5)cn34)cc2F)c1. The summed E-state index contributed by atoms with van der Waals surface area (Å²) in [7, 11) is 0. The number of benzene rings is 1. The third-order valence-corrected chi connectivity index (χ3v) is 5.00. The van der Waals surface area contributed by atoms with Crippen molar-refractivity contribution < 1.29 is 9.18 Å². The predicted octanol–water partition coefficient (Wildman–Crippen LogP) is 4.49. The maximum atomic E-state index is 14.9. The number of hydrogen-bond acceptors (Lipinski definition) is 4. The van der Waals surface area contributed by atoms with Gasteiger partial charge in [-0.25, -0.2) is 14.4 Å². The van der Waals surface area contributed by atoms with E-state index in [0.29, 0.717) is 17.1 Å². The molecule has 0 atom stereocenters. The number of amides is 1. The molecule has 4 heterocycles. The number of halogens is 1. The molecule has 0 spiro atoms. The summed E-state index contributed by atoms with van der Waals surface area (Å²) >= 11 is 0. The highest BCUT2D eigenvalue weighted by Crippen LogP contribution is 2.26. The number of carbonyl (C=O) groups excluding carboxylic acids is 1. The maximum absolute atomic E-state index is 14.9. The minimum atomic E-state index is -0.622. The fourth-order valence-electron chi connectivity index (χ4n) is 3.42. The van der Waals surface area contributed by atoms with E-state index in [9.17, 15) is 9.18 Å². The summed E-state index contributed by atoms with van der Waals surface area (Å²) in [5, 5.41) is 9.40. The fraction of sp³-hybridized carbons (Fsp3) is 0.0435.